The predicted octanol–water partition coefficient (Wildman–Crippen LogP) is 3.13. The fourth-order valence-electron chi connectivity index (χ4n) is 4.17. The molecule has 1 saturated heterocycles. The molecule has 148 valence electrons. The molecular formula is C22H22N4O3. The van der Waals surface area contributed by atoms with E-state index in [1.165, 1.54) is 0 Å². The van der Waals surface area contributed by atoms with Crippen molar-refractivity contribution < 1.29 is 14.3 Å². The molecule has 2 aliphatic heterocycles. The number of hydrogen-bond acceptors (Lipinski definition) is 4. The lowest BCUT2D eigenvalue weighted by molar-refractivity contribution is -0.124. The summed E-state index contributed by atoms with van der Waals surface area (Å²) in [7, 11) is 0. The van der Waals surface area contributed by atoms with Crippen molar-refractivity contribution in [2.75, 3.05) is 23.4 Å². The Labute approximate surface area is 168 Å². The molecule has 0 aliphatic carbocycles. The van der Waals surface area contributed by atoms with Crippen molar-refractivity contribution in [3.05, 3.63) is 54.6 Å². The Morgan fingerprint density at radius 3 is 2.72 bits per heavy atom. The van der Waals surface area contributed by atoms with Crippen molar-refractivity contribution in [3.63, 3.8) is 0 Å². The number of rotatable bonds is 5. The number of hydrogen-bond donors (Lipinski definition) is 1. The van der Waals surface area contributed by atoms with Crippen molar-refractivity contribution in [2.45, 2.75) is 31.4 Å². The summed E-state index contributed by atoms with van der Waals surface area (Å²) in [6.45, 7) is 1.20. The molecule has 5 rings (SSSR count). The number of benzene rings is 2. The maximum atomic E-state index is 13.3. The number of fused-ring (bicyclic) bond motifs is 3. The van der Waals surface area contributed by atoms with Crippen LogP contribution in [0.1, 0.15) is 25.3 Å². The van der Waals surface area contributed by atoms with E-state index < -0.39 is 6.04 Å². The minimum Gasteiger partial charge on any atom is -0.376 e. The fourth-order valence-corrected chi connectivity index (χ4v) is 4.17. The fraction of sp³-hybridized carbons (Fsp3) is 0.318. The zero-order chi connectivity index (χ0) is 19.8. The van der Waals surface area contributed by atoms with E-state index in [0.29, 0.717) is 12.5 Å². The van der Waals surface area contributed by atoms with Gasteiger partial charge in [0.15, 0.2) is 0 Å². The van der Waals surface area contributed by atoms with Gasteiger partial charge in [0, 0.05) is 12.3 Å². The van der Waals surface area contributed by atoms with Gasteiger partial charge in [0.1, 0.15) is 6.04 Å². The summed E-state index contributed by atoms with van der Waals surface area (Å²) in [5.41, 5.74) is 2.40. The van der Waals surface area contributed by atoms with Crippen LogP contribution in [0.4, 0.5) is 11.6 Å². The first-order chi connectivity index (χ1) is 14.2. The van der Waals surface area contributed by atoms with Gasteiger partial charge in [-0.2, -0.15) is 0 Å². The summed E-state index contributed by atoms with van der Waals surface area (Å²) in [4.78, 5) is 32.3. The Morgan fingerprint density at radius 1 is 1.14 bits per heavy atom. The molecule has 7 nitrogen and oxygen atoms in total. The van der Waals surface area contributed by atoms with Crippen LogP contribution in [0.3, 0.4) is 0 Å². The van der Waals surface area contributed by atoms with Gasteiger partial charge in [-0.15, -0.1) is 0 Å². The highest BCUT2D eigenvalue weighted by atomic mass is 16.5. The van der Waals surface area contributed by atoms with Crippen LogP contribution in [-0.4, -0.2) is 40.6 Å². The lowest BCUT2D eigenvalue weighted by Crippen LogP contribution is -2.37. The van der Waals surface area contributed by atoms with Crippen LogP contribution in [0.2, 0.25) is 0 Å². The monoisotopic (exact) mass is 390 g/mol. The maximum Gasteiger partial charge on any atom is 0.253 e. The van der Waals surface area contributed by atoms with Crippen molar-refractivity contribution in [1.29, 1.82) is 0 Å². The Hall–Kier alpha value is -3.19. The molecule has 1 aromatic heterocycles. The van der Waals surface area contributed by atoms with Gasteiger partial charge in [0.25, 0.3) is 5.91 Å². The summed E-state index contributed by atoms with van der Waals surface area (Å²) in [6.07, 6.45) is 2.02. The molecule has 2 atom stereocenters. The summed E-state index contributed by atoms with van der Waals surface area (Å²) in [6, 6.07) is 16.4. The van der Waals surface area contributed by atoms with Gasteiger partial charge in [-0.25, -0.2) is 4.98 Å². The molecule has 29 heavy (non-hydrogen) atoms. The van der Waals surface area contributed by atoms with E-state index in [0.717, 1.165) is 36.2 Å². The van der Waals surface area contributed by atoms with Crippen molar-refractivity contribution >= 4 is 34.5 Å². The van der Waals surface area contributed by atoms with E-state index >= 15 is 0 Å². The van der Waals surface area contributed by atoms with E-state index in [4.69, 9.17) is 4.74 Å². The number of para-hydroxylation sites is 3. The second-order valence-corrected chi connectivity index (χ2v) is 7.49. The average molecular weight is 390 g/mol. The smallest absolute Gasteiger partial charge is 0.253 e. The standard InChI is InChI=1S/C22H22N4O3/c27-20(23-15-7-2-1-3-8-15)13-19-21(28)25(14-16-9-6-12-29-16)22-24-17-10-4-5-11-18(17)26(19)22/h1-5,7-8,10-11,16,19H,6,9,12-14H2,(H,23,27)/t16-,19+/m1/s1. The number of nitrogens with one attached hydrogen (secondary N) is 1. The van der Waals surface area contributed by atoms with Gasteiger partial charge in [0.2, 0.25) is 11.9 Å². The molecule has 2 aliphatic rings. The number of aromatic nitrogens is 2. The van der Waals surface area contributed by atoms with Crippen molar-refractivity contribution in [2.24, 2.45) is 0 Å². The van der Waals surface area contributed by atoms with Gasteiger partial charge in [-0.05, 0) is 37.1 Å². The van der Waals surface area contributed by atoms with Crippen molar-refractivity contribution in [1.82, 2.24) is 9.55 Å². The summed E-state index contributed by atoms with van der Waals surface area (Å²) < 4.78 is 7.64. The van der Waals surface area contributed by atoms with Crippen LogP contribution in [0.15, 0.2) is 54.6 Å². The molecule has 0 saturated carbocycles. The molecule has 0 bridgehead atoms. The third-order valence-corrected chi connectivity index (χ3v) is 5.53. The van der Waals surface area contributed by atoms with Crippen LogP contribution in [0.5, 0.6) is 0 Å². The van der Waals surface area contributed by atoms with Crippen LogP contribution in [0, 0.1) is 0 Å². The highest BCUT2D eigenvalue weighted by Gasteiger charge is 2.42. The van der Waals surface area contributed by atoms with E-state index in [1.54, 1.807) is 4.90 Å². The van der Waals surface area contributed by atoms with E-state index in [9.17, 15) is 9.59 Å². The molecule has 0 radical (unpaired) electrons. The van der Waals surface area contributed by atoms with Crippen molar-refractivity contribution in [3.8, 4) is 0 Å². The highest BCUT2D eigenvalue weighted by Crippen LogP contribution is 2.37. The SMILES string of the molecule is O=C(C[C@H]1C(=O)N(C[C@H]2CCCO2)c2nc3ccccc3n21)Nc1ccccc1. The minimum atomic E-state index is -0.609. The molecule has 1 fully saturated rings. The van der Waals surface area contributed by atoms with Gasteiger partial charge < -0.3 is 10.1 Å². The molecule has 0 unspecified atom stereocenters. The highest BCUT2D eigenvalue weighted by molar-refractivity contribution is 6.05. The second-order valence-electron chi connectivity index (χ2n) is 7.49. The number of amides is 2. The third-order valence-electron chi connectivity index (χ3n) is 5.53. The molecule has 7 heteroatoms. The molecule has 2 aromatic carbocycles. The molecule has 3 heterocycles. The van der Waals surface area contributed by atoms with Crippen LogP contribution in [0.25, 0.3) is 11.0 Å². The third kappa shape index (κ3) is 3.27. The second kappa shape index (κ2) is 7.33. The summed E-state index contributed by atoms with van der Waals surface area (Å²) in [5, 5.41) is 2.88. The maximum absolute atomic E-state index is 13.3. The lowest BCUT2D eigenvalue weighted by Gasteiger charge is -2.19. The van der Waals surface area contributed by atoms with E-state index in [-0.39, 0.29) is 24.3 Å². The Balaban J connectivity index is 1.45. The van der Waals surface area contributed by atoms with E-state index in [2.05, 4.69) is 10.3 Å². The first-order valence-electron chi connectivity index (χ1n) is 9.95. The minimum absolute atomic E-state index is 0.0177. The van der Waals surface area contributed by atoms with Crippen LogP contribution in [-0.2, 0) is 14.3 Å². The van der Waals surface area contributed by atoms with Gasteiger partial charge in [-0.1, -0.05) is 30.3 Å². The molecule has 2 amide bonds. The average Bonchev–Trinajstić information content (AvgIpc) is 3.43. The first kappa shape index (κ1) is 17.9. The van der Waals surface area contributed by atoms with Crippen LogP contribution >= 0.6 is 0 Å². The zero-order valence-corrected chi connectivity index (χ0v) is 16.0. The van der Waals surface area contributed by atoms with E-state index in [1.807, 2.05) is 59.2 Å². The number of carbonyl (C=O) groups excluding carboxylic acids is 2. The zero-order valence-electron chi connectivity index (χ0n) is 16.0. The molecule has 3 aromatic rings. The van der Waals surface area contributed by atoms with Gasteiger partial charge in [-0.3, -0.25) is 19.1 Å². The number of nitrogens with zero attached hydrogens (tertiary/aromatic N) is 3. The van der Waals surface area contributed by atoms with Gasteiger partial charge in [0.05, 0.1) is 30.1 Å². The summed E-state index contributed by atoms with van der Waals surface area (Å²) >= 11 is 0. The quantitative estimate of drug-likeness (QED) is 0.726. The first-order valence-corrected chi connectivity index (χ1v) is 9.95. The van der Waals surface area contributed by atoms with Crippen LogP contribution < -0.4 is 10.2 Å². The lowest BCUT2D eigenvalue weighted by atomic mass is 10.1. The topological polar surface area (TPSA) is 76.5 Å². The number of anilines is 2. The predicted molar refractivity (Wildman–Crippen MR) is 110 cm³/mol. The summed E-state index contributed by atoms with van der Waals surface area (Å²) in [5.74, 6) is 0.304. The number of ether oxygens (including phenoxy) is 1. The molecule has 1 N–H and O–H groups in total. The Morgan fingerprint density at radius 2 is 1.93 bits per heavy atom. The normalized spacial score (nSPS) is 21.0. The number of carbonyl (C=O) groups is 2. The molecule has 0 spiro atoms. The van der Waals surface area contributed by atoms with Gasteiger partial charge >= 0.3 is 0 Å². The Kier molecular flexibility index (Phi) is 4.52. The largest absolute Gasteiger partial charge is 0.376 e. The Bertz CT molecular complexity index is 1060. The number of imidazole rings is 1. The molecular weight excluding hydrogens is 368 g/mol.